The predicted octanol–water partition coefficient (Wildman–Crippen LogP) is 4.98. The van der Waals surface area contributed by atoms with Gasteiger partial charge in [-0.15, -0.1) is 0 Å². The average molecular weight is 516 g/mol. The molecule has 1 aliphatic rings. The van der Waals surface area contributed by atoms with Crippen LogP contribution in [0.25, 0.3) is 0 Å². The Balaban J connectivity index is 1.47. The fourth-order valence-corrected chi connectivity index (χ4v) is 5.65. The van der Waals surface area contributed by atoms with Crippen molar-refractivity contribution in [1.82, 2.24) is 5.32 Å². The Morgan fingerprint density at radius 3 is 2.31 bits per heavy atom. The van der Waals surface area contributed by atoms with Crippen molar-refractivity contribution < 1.29 is 17.6 Å². The van der Waals surface area contributed by atoms with Gasteiger partial charge in [-0.2, -0.15) is 0 Å². The van der Waals surface area contributed by atoms with Crippen molar-refractivity contribution in [2.45, 2.75) is 30.7 Å². The summed E-state index contributed by atoms with van der Waals surface area (Å²) in [6.07, 6.45) is 3.65. The molecular formula is C26H27ClFN3O3S. The second-order valence-corrected chi connectivity index (χ2v) is 10.7. The molecule has 0 atom stereocenters. The van der Waals surface area contributed by atoms with E-state index < -0.39 is 28.3 Å². The molecule has 0 aliphatic carbocycles. The summed E-state index contributed by atoms with van der Waals surface area (Å²) >= 11 is 5.90. The van der Waals surface area contributed by atoms with E-state index >= 15 is 0 Å². The van der Waals surface area contributed by atoms with E-state index in [0.717, 1.165) is 34.7 Å². The number of sulfonamides is 1. The van der Waals surface area contributed by atoms with Crippen LogP contribution in [0.3, 0.4) is 0 Å². The van der Waals surface area contributed by atoms with Gasteiger partial charge in [-0.05, 0) is 67.3 Å². The number of hydrogen-bond donors (Lipinski definition) is 1. The van der Waals surface area contributed by atoms with Gasteiger partial charge in [0.05, 0.1) is 15.6 Å². The highest BCUT2D eigenvalue weighted by molar-refractivity contribution is 7.92. The SMILES string of the molecule is O=C(CN(c1ccc(F)c(Cl)c1)S(=O)(=O)c1ccccc1)NCc1ccc(N2CCCCC2)cc1. The zero-order valence-electron chi connectivity index (χ0n) is 19.2. The van der Waals surface area contributed by atoms with E-state index in [-0.39, 0.29) is 22.2 Å². The Kier molecular flexibility index (Phi) is 7.93. The van der Waals surface area contributed by atoms with Crippen molar-refractivity contribution in [1.29, 1.82) is 0 Å². The molecule has 3 aromatic rings. The van der Waals surface area contributed by atoms with Gasteiger partial charge in [0.2, 0.25) is 5.91 Å². The van der Waals surface area contributed by atoms with E-state index in [4.69, 9.17) is 11.6 Å². The van der Waals surface area contributed by atoms with Gasteiger partial charge in [0.15, 0.2) is 0 Å². The highest BCUT2D eigenvalue weighted by Crippen LogP contribution is 2.27. The third-order valence-electron chi connectivity index (χ3n) is 5.96. The molecule has 3 aromatic carbocycles. The maximum atomic E-state index is 13.7. The molecule has 9 heteroatoms. The van der Waals surface area contributed by atoms with Gasteiger partial charge in [-0.25, -0.2) is 12.8 Å². The van der Waals surface area contributed by atoms with Crippen LogP contribution in [0.4, 0.5) is 15.8 Å². The van der Waals surface area contributed by atoms with E-state index in [1.54, 1.807) is 18.2 Å². The van der Waals surface area contributed by atoms with Crippen molar-refractivity contribution in [3.8, 4) is 0 Å². The Hall–Kier alpha value is -3.10. The predicted molar refractivity (Wildman–Crippen MR) is 137 cm³/mol. The van der Waals surface area contributed by atoms with Gasteiger partial charge in [0.25, 0.3) is 10.0 Å². The second-order valence-electron chi connectivity index (χ2n) is 8.41. The normalized spacial score (nSPS) is 13.9. The minimum Gasteiger partial charge on any atom is -0.372 e. The molecule has 1 N–H and O–H groups in total. The molecule has 0 spiro atoms. The third kappa shape index (κ3) is 6.13. The molecule has 1 amide bonds. The first kappa shape index (κ1) is 25.0. The van der Waals surface area contributed by atoms with Crippen LogP contribution in [0.2, 0.25) is 5.02 Å². The number of carbonyl (C=O) groups is 1. The minimum atomic E-state index is -4.09. The summed E-state index contributed by atoms with van der Waals surface area (Å²) in [5, 5.41) is 2.55. The fourth-order valence-electron chi connectivity index (χ4n) is 4.04. The molecule has 6 nitrogen and oxygen atoms in total. The lowest BCUT2D eigenvalue weighted by Gasteiger charge is -2.28. The van der Waals surface area contributed by atoms with Crippen molar-refractivity contribution in [3.63, 3.8) is 0 Å². The largest absolute Gasteiger partial charge is 0.372 e. The van der Waals surface area contributed by atoms with Gasteiger partial charge in [0, 0.05) is 25.3 Å². The van der Waals surface area contributed by atoms with Gasteiger partial charge < -0.3 is 10.2 Å². The number of amides is 1. The monoisotopic (exact) mass is 515 g/mol. The van der Waals surface area contributed by atoms with Crippen molar-refractivity contribution in [2.24, 2.45) is 0 Å². The molecular weight excluding hydrogens is 489 g/mol. The van der Waals surface area contributed by atoms with Crippen LogP contribution in [-0.4, -0.2) is 34.0 Å². The average Bonchev–Trinajstić information content (AvgIpc) is 2.89. The number of nitrogens with one attached hydrogen (secondary N) is 1. The van der Waals surface area contributed by atoms with Crippen molar-refractivity contribution in [3.05, 3.63) is 89.2 Å². The highest BCUT2D eigenvalue weighted by Gasteiger charge is 2.27. The maximum absolute atomic E-state index is 13.7. The fraction of sp³-hybridized carbons (Fsp3) is 0.269. The first-order valence-electron chi connectivity index (χ1n) is 11.5. The van der Waals surface area contributed by atoms with Crippen LogP contribution in [0.5, 0.6) is 0 Å². The van der Waals surface area contributed by atoms with Crippen LogP contribution < -0.4 is 14.5 Å². The molecule has 0 saturated carbocycles. The summed E-state index contributed by atoms with van der Waals surface area (Å²) in [7, 11) is -4.09. The number of anilines is 2. The lowest BCUT2D eigenvalue weighted by Crippen LogP contribution is -2.40. The zero-order chi connectivity index (χ0) is 24.8. The van der Waals surface area contributed by atoms with E-state index in [0.29, 0.717) is 0 Å². The molecule has 1 fully saturated rings. The van der Waals surface area contributed by atoms with E-state index in [9.17, 15) is 17.6 Å². The number of hydrogen-bond acceptors (Lipinski definition) is 4. The quantitative estimate of drug-likeness (QED) is 0.459. The summed E-state index contributed by atoms with van der Waals surface area (Å²) in [5.74, 6) is -1.17. The molecule has 0 radical (unpaired) electrons. The van der Waals surface area contributed by atoms with Gasteiger partial charge in [0.1, 0.15) is 12.4 Å². The van der Waals surface area contributed by atoms with E-state index in [1.165, 1.54) is 43.5 Å². The molecule has 1 saturated heterocycles. The van der Waals surface area contributed by atoms with Crippen LogP contribution in [0, 0.1) is 5.82 Å². The smallest absolute Gasteiger partial charge is 0.264 e. The Morgan fingerprint density at radius 1 is 0.971 bits per heavy atom. The summed E-state index contributed by atoms with van der Waals surface area (Å²) in [6, 6.07) is 19.3. The van der Waals surface area contributed by atoms with Crippen LogP contribution in [0.1, 0.15) is 24.8 Å². The van der Waals surface area contributed by atoms with Gasteiger partial charge in [-0.3, -0.25) is 9.10 Å². The van der Waals surface area contributed by atoms with Crippen LogP contribution in [-0.2, 0) is 21.4 Å². The van der Waals surface area contributed by atoms with E-state index in [2.05, 4.69) is 10.2 Å². The Morgan fingerprint density at radius 2 is 1.66 bits per heavy atom. The zero-order valence-corrected chi connectivity index (χ0v) is 20.7. The number of nitrogens with zero attached hydrogens (tertiary/aromatic N) is 2. The van der Waals surface area contributed by atoms with Crippen molar-refractivity contribution in [2.75, 3.05) is 28.8 Å². The Bertz CT molecular complexity index is 1260. The maximum Gasteiger partial charge on any atom is 0.264 e. The van der Waals surface area contributed by atoms with Gasteiger partial charge >= 0.3 is 0 Å². The molecule has 0 unspecified atom stereocenters. The van der Waals surface area contributed by atoms with Crippen LogP contribution in [0.15, 0.2) is 77.7 Å². The summed E-state index contributed by atoms with van der Waals surface area (Å²) < 4.78 is 41.3. The van der Waals surface area contributed by atoms with Crippen molar-refractivity contribution >= 4 is 38.9 Å². The second kappa shape index (κ2) is 11.1. The molecule has 0 aromatic heterocycles. The number of rotatable bonds is 8. The molecule has 4 rings (SSSR count). The van der Waals surface area contributed by atoms with Crippen LogP contribution >= 0.6 is 11.6 Å². The molecule has 0 bridgehead atoms. The van der Waals surface area contributed by atoms with E-state index in [1.807, 2.05) is 24.3 Å². The molecule has 35 heavy (non-hydrogen) atoms. The molecule has 184 valence electrons. The number of halogens is 2. The topological polar surface area (TPSA) is 69.7 Å². The molecule has 1 aliphatic heterocycles. The number of benzene rings is 3. The number of carbonyl (C=O) groups excluding carboxylic acids is 1. The standard InChI is InChI=1S/C26H27ClFN3O3S/c27-24-17-22(13-14-25(24)28)31(35(33,34)23-7-3-1-4-8-23)19-26(32)29-18-20-9-11-21(12-10-20)30-15-5-2-6-16-30/h1,3-4,7-14,17H,2,5-6,15-16,18-19H2,(H,29,32). The summed E-state index contributed by atoms with van der Waals surface area (Å²) in [5.41, 5.74) is 2.16. The first-order valence-corrected chi connectivity index (χ1v) is 13.3. The summed E-state index contributed by atoms with van der Waals surface area (Å²) in [6.45, 7) is 1.87. The third-order valence-corrected chi connectivity index (χ3v) is 8.03. The summed E-state index contributed by atoms with van der Waals surface area (Å²) in [4.78, 5) is 15.2. The Labute approximate surface area is 210 Å². The van der Waals surface area contributed by atoms with Gasteiger partial charge in [-0.1, -0.05) is 41.9 Å². The lowest BCUT2D eigenvalue weighted by molar-refractivity contribution is -0.119. The number of piperidine rings is 1. The lowest BCUT2D eigenvalue weighted by atomic mass is 10.1. The highest BCUT2D eigenvalue weighted by atomic mass is 35.5. The molecule has 1 heterocycles. The minimum absolute atomic E-state index is 0.0153. The first-order chi connectivity index (χ1) is 16.8.